The first-order valence-electron chi connectivity index (χ1n) is 8.04. The van der Waals surface area contributed by atoms with Gasteiger partial charge in [0.25, 0.3) is 5.91 Å². The van der Waals surface area contributed by atoms with Gasteiger partial charge < -0.3 is 19.4 Å². The molecule has 0 atom stereocenters. The summed E-state index contributed by atoms with van der Waals surface area (Å²) in [4.78, 5) is 37.1. The third-order valence-corrected chi connectivity index (χ3v) is 3.91. The molecule has 0 saturated carbocycles. The molecule has 1 N–H and O–H groups in total. The third-order valence-electron chi connectivity index (χ3n) is 3.91. The van der Waals surface area contributed by atoms with Gasteiger partial charge in [-0.3, -0.25) is 9.59 Å². The Morgan fingerprint density at radius 1 is 1.19 bits per heavy atom. The summed E-state index contributed by atoms with van der Waals surface area (Å²) in [6.45, 7) is 5.12. The highest BCUT2D eigenvalue weighted by atomic mass is 16.5. The maximum atomic E-state index is 12.7. The summed E-state index contributed by atoms with van der Waals surface area (Å²) in [7, 11) is 2.93. The summed E-state index contributed by atoms with van der Waals surface area (Å²) in [5.41, 5.74) is 2.24. The molecular weight excluding hydrogens is 336 g/mol. The third kappa shape index (κ3) is 4.30. The summed E-state index contributed by atoms with van der Waals surface area (Å²) < 4.78 is 10.2. The first kappa shape index (κ1) is 19.2. The van der Waals surface area contributed by atoms with Crippen molar-refractivity contribution >= 4 is 23.5 Å². The molecular formula is C19H22N2O5. The number of anilines is 1. The van der Waals surface area contributed by atoms with Gasteiger partial charge in [0.05, 0.1) is 13.7 Å². The van der Waals surface area contributed by atoms with Crippen LogP contribution in [0.1, 0.15) is 44.7 Å². The van der Waals surface area contributed by atoms with Gasteiger partial charge in [0.15, 0.2) is 0 Å². The normalized spacial score (nSPS) is 10.3. The number of carbonyl (C=O) groups is 3. The van der Waals surface area contributed by atoms with Gasteiger partial charge in [-0.25, -0.2) is 4.79 Å². The lowest BCUT2D eigenvalue weighted by molar-refractivity contribution is -0.114. The van der Waals surface area contributed by atoms with Crippen LogP contribution in [0.4, 0.5) is 5.69 Å². The van der Waals surface area contributed by atoms with E-state index < -0.39 is 5.97 Å². The number of aryl methyl sites for hydroxylation is 2. The molecule has 1 aromatic carbocycles. The Morgan fingerprint density at radius 3 is 2.50 bits per heavy atom. The Bertz CT molecular complexity index is 854. The van der Waals surface area contributed by atoms with Crippen molar-refractivity contribution < 1.29 is 23.5 Å². The number of nitrogens with one attached hydrogen (secondary N) is 1. The highest BCUT2D eigenvalue weighted by Gasteiger charge is 2.19. The fourth-order valence-corrected chi connectivity index (χ4v) is 2.54. The van der Waals surface area contributed by atoms with E-state index in [0.717, 1.165) is 5.56 Å². The SMILES string of the molecule is COC(=O)c1cc(CN(C)C(=O)c2ccc(C)c(NC(C)=O)c2)oc1C. The van der Waals surface area contributed by atoms with Gasteiger partial charge in [0.2, 0.25) is 5.91 Å². The second-order valence-electron chi connectivity index (χ2n) is 6.05. The maximum Gasteiger partial charge on any atom is 0.341 e. The minimum absolute atomic E-state index is 0.194. The Morgan fingerprint density at radius 2 is 1.88 bits per heavy atom. The Balaban J connectivity index is 2.17. The first-order chi connectivity index (χ1) is 12.2. The predicted molar refractivity (Wildman–Crippen MR) is 96.1 cm³/mol. The number of hydrogen-bond acceptors (Lipinski definition) is 5. The van der Waals surface area contributed by atoms with E-state index in [-0.39, 0.29) is 18.4 Å². The molecule has 138 valence electrons. The molecule has 7 nitrogen and oxygen atoms in total. The topological polar surface area (TPSA) is 88.9 Å². The van der Waals surface area contributed by atoms with Crippen LogP contribution in [0.2, 0.25) is 0 Å². The van der Waals surface area contributed by atoms with E-state index in [2.05, 4.69) is 5.32 Å². The maximum absolute atomic E-state index is 12.7. The van der Waals surface area contributed by atoms with E-state index in [1.54, 1.807) is 38.2 Å². The van der Waals surface area contributed by atoms with Crippen LogP contribution in [-0.2, 0) is 16.1 Å². The zero-order valence-corrected chi connectivity index (χ0v) is 15.5. The molecule has 2 rings (SSSR count). The number of furan rings is 1. The van der Waals surface area contributed by atoms with Gasteiger partial charge in [-0.15, -0.1) is 0 Å². The summed E-state index contributed by atoms with van der Waals surface area (Å²) >= 11 is 0. The Labute approximate surface area is 151 Å². The van der Waals surface area contributed by atoms with Crippen LogP contribution in [0.15, 0.2) is 28.7 Å². The molecule has 7 heteroatoms. The zero-order chi connectivity index (χ0) is 19.4. The van der Waals surface area contributed by atoms with Gasteiger partial charge in [-0.1, -0.05) is 6.07 Å². The van der Waals surface area contributed by atoms with Crippen LogP contribution in [0.5, 0.6) is 0 Å². The van der Waals surface area contributed by atoms with Crippen LogP contribution in [0.3, 0.4) is 0 Å². The minimum atomic E-state index is -0.482. The molecule has 0 radical (unpaired) electrons. The molecule has 0 aliphatic rings. The van der Waals surface area contributed by atoms with E-state index >= 15 is 0 Å². The van der Waals surface area contributed by atoms with Crippen molar-refractivity contribution in [2.24, 2.45) is 0 Å². The number of rotatable bonds is 5. The largest absolute Gasteiger partial charge is 0.465 e. The van der Waals surface area contributed by atoms with Crippen LogP contribution in [-0.4, -0.2) is 36.8 Å². The lowest BCUT2D eigenvalue weighted by atomic mass is 10.1. The summed E-state index contributed by atoms with van der Waals surface area (Å²) in [6.07, 6.45) is 0. The van der Waals surface area contributed by atoms with Crippen LogP contribution < -0.4 is 5.32 Å². The number of methoxy groups -OCH3 is 1. The zero-order valence-electron chi connectivity index (χ0n) is 15.5. The summed E-state index contributed by atoms with van der Waals surface area (Å²) in [6, 6.07) is 6.69. The molecule has 0 spiro atoms. The number of carbonyl (C=O) groups excluding carboxylic acids is 3. The fourth-order valence-electron chi connectivity index (χ4n) is 2.54. The molecule has 26 heavy (non-hydrogen) atoms. The number of ether oxygens (including phenoxy) is 1. The number of hydrogen-bond donors (Lipinski definition) is 1. The minimum Gasteiger partial charge on any atom is -0.465 e. The summed E-state index contributed by atoms with van der Waals surface area (Å²) in [5, 5.41) is 2.71. The van der Waals surface area contributed by atoms with E-state index in [4.69, 9.17) is 9.15 Å². The first-order valence-corrected chi connectivity index (χ1v) is 8.04. The van der Waals surface area contributed by atoms with Crippen LogP contribution in [0.25, 0.3) is 0 Å². The van der Waals surface area contributed by atoms with Crippen molar-refractivity contribution in [1.29, 1.82) is 0 Å². The molecule has 2 amide bonds. The number of esters is 1. The van der Waals surface area contributed by atoms with Gasteiger partial charge in [0, 0.05) is 25.2 Å². The number of benzene rings is 1. The predicted octanol–water partition coefficient (Wildman–Crippen LogP) is 2.91. The lowest BCUT2D eigenvalue weighted by Crippen LogP contribution is -2.26. The van der Waals surface area contributed by atoms with Gasteiger partial charge in [0.1, 0.15) is 17.1 Å². The molecule has 1 heterocycles. The van der Waals surface area contributed by atoms with E-state index in [1.165, 1.54) is 18.9 Å². The standard InChI is InChI=1S/C19H22N2O5/c1-11-6-7-14(8-17(11)20-13(3)22)18(23)21(4)10-15-9-16(12(2)26-15)19(24)25-5/h6-9H,10H2,1-5H3,(H,20,22). The average Bonchev–Trinajstić information content (AvgIpc) is 2.95. The molecule has 2 aromatic rings. The second-order valence-corrected chi connectivity index (χ2v) is 6.05. The lowest BCUT2D eigenvalue weighted by Gasteiger charge is -2.17. The van der Waals surface area contributed by atoms with Gasteiger partial charge in [-0.2, -0.15) is 0 Å². The molecule has 0 fully saturated rings. The smallest absolute Gasteiger partial charge is 0.341 e. The molecule has 0 aliphatic heterocycles. The number of nitrogens with zero attached hydrogens (tertiary/aromatic N) is 1. The van der Waals surface area contributed by atoms with Crippen molar-refractivity contribution in [3.8, 4) is 0 Å². The number of amides is 2. The van der Waals surface area contributed by atoms with Crippen molar-refractivity contribution in [3.63, 3.8) is 0 Å². The fraction of sp³-hybridized carbons (Fsp3) is 0.316. The van der Waals surface area contributed by atoms with Crippen molar-refractivity contribution in [2.45, 2.75) is 27.3 Å². The Kier molecular flexibility index (Phi) is 5.82. The van der Waals surface area contributed by atoms with Crippen molar-refractivity contribution in [1.82, 2.24) is 4.90 Å². The molecule has 0 saturated heterocycles. The van der Waals surface area contributed by atoms with Crippen LogP contribution >= 0.6 is 0 Å². The van der Waals surface area contributed by atoms with E-state index in [9.17, 15) is 14.4 Å². The highest BCUT2D eigenvalue weighted by Crippen LogP contribution is 2.20. The van der Waals surface area contributed by atoms with Gasteiger partial charge in [-0.05, 0) is 37.6 Å². The van der Waals surface area contributed by atoms with Crippen molar-refractivity contribution in [3.05, 3.63) is 52.5 Å². The summed E-state index contributed by atoms with van der Waals surface area (Å²) in [5.74, 6) is 0.00613. The molecule has 0 bridgehead atoms. The van der Waals surface area contributed by atoms with E-state index in [0.29, 0.717) is 28.3 Å². The Hall–Kier alpha value is -3.09. The highest BCUT2D eigenvalue weighted by molar-refractivity contribution is 5.97. The molecule has 1 aromatic heterocycles. The monoisotopic (exact) mass is 358 g/mol. The van der Waals surface area contributed by atoms with Gasteiger partial charge >= 0.3 is 5.97 Å². The van der Waals surface area contributed by atoms with Crippen LogP contribution in [0, 0.1) is 13.8 Å². The molecule has 0 unspecified atom stereocenters. The second kappa shape index (κ2) is 7.86. The average molecular weight is 358 g/mol. The molecule has 0 aliphatic carbocycles. The quantitative estimate of drug-likeness (QED) is 0.830. The van der Waals surface area contributed by atoms with Crippen molar-refractivity contribution in [2.75, 3.05) is 19.5 Å². The van der Waals surface area contributed by atoms with E-state index in [1.807, 2.05) is 6.92 Å².